The van der Waals surface area contributed by atoms with Gasteiger partial charge in [0.15, 0.2) is 0 Å². The second-order valence-electron chi connectivity index (χ2n) is 5.15. The van der Waals surface area contributed by atoms with Gasteiger partial charge in [0.25, 0.3) is 5.91 Å². The molecule has 122 valence electrons. The second-order valence-corrected chi connectivity index (χ2v) is 5.93. The molecule has 1 aromatic rings. The molecule has 1 saturated heterocycles. The first-order chi connectivity index (χ1) is 10.4. The molecule has 8 heteroatoms. The zero-order chi connectivity index (χ0) is 16.2. The van der Waals surface area contributed by atoms with Gasteiger partial charge in [-0.1, -0.05) is 0 Å². The van der Waals surface area contributed by atoms with Crippen LogP contribution in [0.25, 0.3) is 0 Å². The Bertz CT molecular complexity index is 517. The predicted octanol–water partition coefficient (Wildman–Crippen LogP) is 2.77. The van der Waals surface area contributed by atoms with Gasteiger partial charge in [-0.15, -0.1) is 0 Å². The third-order valence-electron chi connectivity index (χ3n) is 3.53. The van der Waals surface area contributed by atoms with Crippen LogP contribution in [0, 0.1) is 0 Å². The summed E-state index contributed by atoms with van der Waals surface area (Å²) in [5.74, 6) is -0.590. The highest BCUT2D eigenvalue weighted by atomic mass is 32.1. The van der Waals surface area contributed by atoms with Crippen molar-refractivity contribution in [2.75, 3.05) is 26.2 Å². The molecule has 1 aliphatic heterocycles. The van der Waals surface area contributed by atoms with Crippen LogP contribution < -0.4 is 0 Å². The van der Waals surface area contributed by atoms with Gasteiger partial charge < -0.3 is 9.80 Å². The molecule has 2 rings (SSSR count). The van der Waals surface area contributed by atoms with Gasteiger partial charge in [0, 0.05) is 38.0 Å². The first-order valence-electron chi connectivity index (χ1n) is 7.03. The molecular weight excluding hydrogens is 317 g/mol. The average Bonchev–Trinajstić information content (AvgIpc) is 2.87. The number of hydrogen-bond acceptors (Lipinski definition) is 3. The van der Waals surface area contributed by atoms with Crippen LogP contribution in [0.3, 0.4) is 0 Å². The number of amides is 2. The fraction of sp³-hybridized carbons (Fsp3) is 0.571. The van der Waals surface area contributed by atoms with Gasteiger partial charge in [0.2, 0.25) is 5.91 Å². The Kier molecular flexibility index (Phi) is 5.44. The Balaban J connectivity index is 1.87. The minimum absolute atomic E-state index is 0.0918. The third-order valence-corrected chi connectivity index (χ3v) is 4.21. The van der Waals surface area contributed by atoms with E-state index in [9.17, 15) is 22.8 Å². The maximum atomic E-state index is 12.2. The number of hydrogen-bond donors (Lipinski definition) is 0. The maximum Gasteiger partial charge on any atom is 0.389 e. The lowest BCUT2D eigenvalue weighted by Crippen LogP contribution is -2.37. The fourth-order valence-corrected chi connectivity index (χ4v) is 2.98. The Hall–Kier alpha value is -1.57. The van der Waals surface area contributed by atoms with E-state index in [1.54, 1.807) is 16.3 Å². The normalized spacial score (nSPS) is 16.5. The van der Waals surface area contributed by atoms with Gasteiger partial charge in [-0.3, -0.25) is 9.59 Å². The van der Waals surface area contributed by atoms with E-state index in [0.29, 0.717) is 31.6 Å². The number of carbonyl (C=O) groups excluding carboxylic acids is 2. The first kappa shape index (κ1) is 16.8. The average molecular weight is 334 g/mol. The monoisotopic (exact) mass is 334 g/mol. The standard InChI is InChI=1S/C14H17F3N2O2S/c15-14(16,17)4-2-12(20)18-5-1-6-19(8-7-18)13(21)11-3-9-22-10-11/h3,9-10H,1-2,4-8H2. The summed E-state index contributed by atoms with van der Waals surface area (Å²) in [6.45, 7) is 1.54. The highest BCUT2D eigenvalue weighted by Gasteiger charge is 2.30. The molecule has 2 amide bonds. The van der Waals surface area contributed by atoms with Crippen LogP contribution in [0.1, 0.15) is 29.6 Å². The van der Waals surface area contributed by atoms with Gasteiger partial charge in [0.05, 0.1) is 12.0 Å². The summed E-state index contributed by atoms with van der Waals surface area (Å²) in [6, 6.07) is 1.74. The van der Waals surface area contributed by atoms with Crippen LogP contribution in [-0.2, 0) is 4.79 Å². The zero-order valence-corrected chi connectivity index (χ0v) is 12.8. The Morgan fingerprint density at radius 2 is 1.82 bits per heavy atom. The molecule has 0 radical (unpaired) electrons. The van der Waals surface area contributed by atoms with Crippen LogP contribution in [0.5, 0.6) is 0 Å². The van der Waals surface area contributed by atoms with Crippen LogP contribution in [-0.4, -0.2) is 54.0 Å². The number of halogens is 3. The van der Waals surface area contributed by atoms with E-state index in [1.165, 1.54) is 16.2 Å². The first-order valence-corrected chi connectivity index (χ1v) is 7.97. The maximum absolute atomic E-state index is 12.2. The van der Waals surface area contributed by atoms with Crippen molar-refractivity contribution in [3.63, 3.8) is 0 Å². The molecule has 2 heterocycles. The van der Waals surface area contributed by atoms with E-state index in [0.717, 1.165) is 0 Å². The Morgan fingerprint density at radius 1 is 1.14 bits per heavy atom. The summed E-state index contributed by atoms with van der Waals surface area (Å²) in [6.07, 6.45) is -5.36. The van der Waals surface area contributed by atoms with Crippen molar-refractivity contribution < 1.29 is 22.8 Å². The highest BCUT2D eigenvalue weighted by Crippen LogP contribution is 2.22. The van der Waals surface area contributed by atoms with Crippen LogP contribution in [0.4, 0.5) is 13.2 Å². The third kappa shape index (κ3) is 4.72. The summed E-state index contributed by atoms with van der Waals surface area (Å²) >= 11 is 1.43. The van der Waals surface area contributed by atoms with Crippen LogP contribution in [0.15, 0.2) is 16.8 Å². The van der Waals surface area contributed by atoms with Gasteiger partial charge in [-0.2, -0.15) is 24.5 Å². The number of alkyl halides is 3. The van der Waals surface area contributed by atoms with Crippen molar-refractivity contribution in [2.24, 2.45) is 0 Å². The van der Waals surface area contributed by atoms with Crippen LogP contribution in [0.2, 0.25) is 0 Å². The molecule has 1 fully saturated rings. The van der Waals surface area contributed by atoms with Crippen molar-refractivity contribution >= 4 is 23.2 Å². The molecule has 0 unspecified atom stereocenters. The lowest BCUT2D eigenvalue weighted by molar-refractivity contribution is -0.149. The number of carbonyl (C=O) groups is 2. The summed E-state index contributed by atoms with van der Waals surface area (Å²) in [4.78, 5) is 27.1. The Labute approximate surface area is 130 Å². The lowest BCUT2D eigenvalue weighted by Gasteiger charge is -2.22. The van der Waals surface area contributed by atoms with E-state index in [1.807, 2.05) is 5.38 Å². The molecule has 0 aromatic carbocycles. The molecule has 1 aromatic heterocycles. The van der Waals surface area contributed by atoms with Gasteiger partial charge in [-0.25, -0.2) is 0 Å². The molecule has 0 N–H and O–H groups in total. The lowest BCUT2D eigenvalue weighted by atomic mass is 10.2. The molecule has 0 atom stereocenters. The molecule has 0 spiro atoms. The van der Waals surface area contributed by atoms with Crippen molar-refractivity contribution in [1.82, 2.24) is 9.80 Å². The number of nitrogens with zero attached hydrogens (tertiary/aromatic N) is 2. The van der Waals surface area contributed by atoms with E-state index < -0.39 is 24.9 Å². The topological polar surface area (TPSA) is 40.6 Å². The number of thiophene rings is 1. The second kappa shape index (κ2) is 7.13. The minimum atomic E-state index is -4.32. The minimum Gasteiger partial charge on any atom is -0.341 e. The van der Waals surface area contributed by atoms with Crippen molar-refractivity contribution in [1.29, 1.82) is 0 Å². The Morgan fingerprint density at radius 3 is 2.45 bits per heavy atom. The van der Waals surface area contributed by atoms with Gasteiger partial charge >= 0.3 is 6.18 Å². The van der Waals surface area contributed by atoms with E-state index in [-0.39, 0.29) is 12.5 Å². The molecule has 0 saturated carbocycles. The SMILES string of the molecule is O=C(CCC(F)(F)F)N1CCCN(C(=O)c2ccsc2)CC1. The molecule has 0 aliphatic carbocycles. The summed E-state index contributed by atoms with van der Waals surface area (Å²) < 4.78 is 36.5. The van der Waals surface area contributed by atoms with E-state index in [4.69, 9.17) is 0 Å². The van der Waals surface area contributed by atoms with Crippen molar-refractivity contribution in [2.45, 2.75) is 25.4 Å². The molecule has 22 heavy (non-hydrogen) atoms. The fourth-order valence-electron chi connectivity index (χ4n) is 2.35. The summed E-state index contributed by atoms with van der Waals surface area (Å²) in [5, 5.41) is 3.58. The van der Waals surface area contributed by atoms with Gasteiger partial charge in [0.1, 0.15) is 0 Å². The zero-order valence-electron chi connectivity index (χ0n) is 11.9. The van der Waals surface area contributed by atoms with Crippen molar-refractivity contribution in [3.8, 4) is 0 Å². The van der Waals surface area contributed by atoms with Crippen LogP contribution >= 0.6 is 11.3 Å². The quantitative estimate of drug-likeness (QED) is 0.853. The number of rotatable bonds is 3. The summed E-state index contributed by atoms with van der Waals surface area (Å²) in [5.41, 5.74) is 0.613. The largest absolute Gasteiger partial charge is 0.389 e. The molecule has 1 aliphatic rings. The summed E-state index contributed by atoms with van der Waals surface area (Å²) in [7, 11) is 0. The smallest absolute Gasteiger partial charge is 0.341 e. The van der Waals surface area contributed by atoms with E-state index in [2.05, 4.69) is 0 Å². The van der Waals surface area contributed by atoms with Crippen molar-refractivity contribution in [3.05, 3.63) is 22.4 Å². The molecule has 0 bridgehead atoms. The molecular formula is C14H17F3N2O2S. The highest BCUT2D eigenvalue weighted by molar-refractivity contribution is 7.08. The predicted molar refractivity (Wildman–Crippen MR) is 76.7 cm³/mol. The van der Waals surface area contributed by atoms with E-state index >= 15 is 0 Å². The van der Waals surface area contributed by atoms with Gasteiger partial charge in [-0.05, 0) is 17.9 Å². The molecule has 4 nitrogen and oxygen atoms in total.